The number of nitrogens with two attached hydrogens (primary N) is 2. The molecule has 1 aliphatic rings. The van der Waals surface area contributed by atoms with Crippen molar-refractivity contribution in [3.63, 3.8) is 0 Å². The third-order valence-electron chi connectivity index (χ3n) is 4.45. The van der Waals surface area contributed by atoms with Crippen molar-refractivity contribution in [2.24, 2.45) is 5.73 Å². The number of aryl methyl sites for hydroxylation is 1. The van der Waals surface area contributed by atoms with Gasteiger partial charge in [-0.2, -0.15) is 0 Å². The van der Waals surface area contributed by atoms with Crippen molar-refractivity contribution in [1.82, 2.24) is 0 Å². The first-order chi connectivity index (χ1) is 12.5. The summed E-state index contributed by atoms with van der Waals surface area (Å²) in [6.45, 7) is 5.51. The summed E-state index contributed by atoms with van der Waals surface area (Å²) >= 11 is 0. The van der Waals surface area contributed by atoms with Crippen LogP contribution in [0.4, 0.5) is 10.1 Å². The Balaban J connectivity index is 2.22. The van der Waals surface area contributed by atoms with Gasteiger partial charge in [-0.3, -0.25) is 0 Å². The standard InChI is InChI=1S/C23H21FN2/c1-3-22(25)20-14-17(10-12-23(20)26)19-8-6-4-5-7-18(19)16-9-11-21(24)15(2)13-16/h3-4,6-14,22H,1,25-26H2,2H3. The number of nitrogen functional groups attached to an aromatic ring is 1. The minimum atomic E-state index is -0.338. The van der Waals surface area contributed by atoms with E-state index in [1.807, 2.05) is 48.6 Å². The largest absolute Gasteiger partial charge is 0.398 e. The molecule has 0 fully saturated rings. The molecule has 26 heavy (non-hydrogen) atoms. The van der Waals surface area contributed by atoms with E-state index in [1.54, 1.807) is 19.1 Å². The summed E-state index contributed by atoms with van der Waals surface area (Å²) in [6.07, 6.45) is 9.36. The summed E-state index contributed by atoms with van der Waals surface area (Å²) < 4.78 is 13.7. The summed E-state index contributed by atoms with van der Waals surface area (Å²) in [5.41, 5.74) is 21.2. The maximum atomic E-state index is 13.7. The van der Waals surface area contributed by atoms with Crippen LogP contribution in [-0.2, 0) is 0 Å². The molecular weight excluding hydrogens is 323 g/mol. The molecule has 0 radical (unpaired) electrons. The maximum absolute atomic E-state index is 13.7. The van der Waals surface area contributed by atoms with Crippen LogP contribution in [0, 0.1) is 12.7 Å². The molecule has 0 aliphatic heterocycles. The van der Waals surface area contributed by atoms with Crippen molar-refractivity contribution in [3.05, 3.63) is 107 Å². The van der Waals surface area contributed by atoms with Crippen molar-refractivity contribution in [1.29, 1.82) is 0 Å². The highest BCUT2D eigenvalue weighted by molar-refractivity contribution is 6.00. The molecule has 0 heterocycles. The van der Waals surface area contributed by atoms with Crippen LogP contribution < -0.4 is 11.5 Å². The second-order valence-electron chi connectivity index (χ2n) is 6.23. The molecule has 130 valence electrons. The van der Waals surface area contributed by atoms with E-state index in [4.69, 9.17) is 11.5 Å². The van der Waals surface area contributed by atoms with Crippen LogP contribution in [0.3, 0.4) is 0 Å². The van der Waals surface area contributed by atoms with Crippen molar-refractivity contribution < 1.29 is 4.39 Å². The molecule has 0 amide bonds. The Hall–Kier alpha value is -3.13. The smallest absolute Gasteiger partial charge is 0.126 e. The van der Waals surface area contributed by atoms with Gasteiger partial charge in [-0.15, -0.1) is 12.3 Å². The fourth-order valence-corrected chi connectivity index (χ4v) is 2.96. The van der Waals surface area contributed by atoms with E-state index in [9.17, 15) is 4.39 Å². The lowest BCUT2D eigenvalue weighted by atomic mass is 9.91. The van der Waals surface area contributed by atoms with Crippen molar-refractivity contribution in [3.8, 4) is 0 Å². The van der Waals surface area contributed by atoms with E-state index in [0.717, 1.165) is 27.8 Å². The number of halogens is 1. The highest BCUT2D eigenvalue weighted by atomic mass is 19.1. The molecule has 2 nitrogen and oxygen atoms in total. The van der Waals surface area contributed by atoms with Crippen LogP contribution in [0.25, 0.3) is 11.1 Å². The van der Waals surface area contributed by atoms with E-state index in [-0.39, 0.29) is 11.9 Å². The zero-order valence-electron chi connectivity index (χ0n) is 14.7. The van der Waals surface area contributed by atoms with E-state index >= 15 is 0 Å². The summed E-state index contributed by atoms with van der Waals surface area (Å²) in [4.78, 5) is 0. The summed E-state index contributed by atoms with van der Waals surface area (Å²) in [5.74, 6) is -0.216. The normalized spacial score (nSPS) is 14.4. The Morgan fingerprint density at radius 1 is 1.12 bits per heavy atom. The third kappa shape index (κ3) is 3.45. The van der Waals surface area contributed by atoms with Gasteiger partial charge in [0.1, 0.15) is 5.82 Å². The Labute approximate surface area is 153 Å². The van der Waals surface area contributed by atoms with Gasteiger partial charge in [-0.05, 0) is 76.7 Å². The van der Waals surface area contributed by atoms with Crippen LogP contribution in [0.15, 0.2) is 79.1 Å². The van der Waals surface area contributed by atoms with Crippen molar-refractivity contribution in [2.45, 2.75) is 13.0 Å². The first-order valence-electron chi connectivity index (χ1n) is 8.39. The maximum Gasteiger partial charge on any atom is 0.126 e. The molecule has 3 heteroatoms. The molecule has 2 aromatic carbocycles. The summed E-state index contributed by atoms with van der Waals surface area (Å²) in [5, 5.41) is 0. The van der Waals surface area contributed by atoms with Gasteiger partial charge < -0.3 is 11.5 Å². The Morgan fingerprint density at radius 2 is 1.85 bits per heavy atom. The number of allylic oxidation sites excluding steroid dienone is 5. The number of hydrogen-bond donors (Lipinski definition) is 2. The van der Waals surface area contributed by atoms with Crippen LogP contribution in [0.5, 0.6) is 0 Å². The molecule has 1 atom stereocenters. The van der Waals surface area contributed by atoms with Crippen LogP contribution >= 0.6 is 0 Å². The average molecular weight is 344 g/mol. The molecule has 3 rings (SSSR count). The number of rotatable bonds is 4. The monoisotopic (exact) mass is 344 g/mol. The van der Waals surface area contributed by atoms with Crippen LogP contribution in [0.2, 0.25) is 0 Å². The minimum Gasteiger partial charge on any atom is -0.398 e. The van der Waals surface area contributed by atoms with Gasteiger partial charge >= 0.3 is 0 Å². The number of benzene rings is 2. The van der Waals surface area contributed by atoms with Crippen LogP contribution in [-0.4, -0.2) is 0 Å². The van der Waals surface area contributed by atoms with E-state index < -0.39 is 0 Å². The highest BCUT2D eigenvalue weighted by Crippen LogP contribution is 2.33. The molecular formula is C23H21FN2. The fraction of sp³-hybridized carbons (Fsp3) is 0.0870. The zero-order valence-corrected chi connectivity index (χ0v) is 14.7. The minimum absolute atomic E-state index is 0.216. The molecule has 0 aromatic heterocycles. The van der Waals surface area contributed by atoms with E-state index in [2.05, 4.69) is 12.3 Å². The summed E-state index contributed by atoms with van der Waals surface area (Å²) in [7, 11) is 0. The van der Waals surface area contributed by atoms with E-state index in [1.165, 1.54) is 6.07 Å². The molecule has 0 spiro atoms. The lowest BCUT2D eigenvalue weighted by Gasteiger charge is -2.15. The lowest BCUT2D eigenvalue weighted by Crippen LogP contribution is -2.09. The molecule has 4 N–H and O–H groups in total. The average Bonchev–Trinajstić information content (AvgIpc) is 2.90. The van der Waals surface area contributed by atoms with Gasteiger partial charge in [-0.1, -0.05) is 30.4 Å². The van der Waals surface area contributed by atoms with Gasteiger partial charge in [0, 0.05) is 11.7 Å². The first kappa shape index (κ1) is 17.7. The van der Waals surface area contributed by atoms with Gasteiger partial charge in [0.25, 0.3) is 0 Å². The number of hydrogen-bond acceptors (Lipinski definition) is 2. The second kappa shape index (κ2) is 7.40. The molecule has 1 unspecified atom stereocenters. The zero-order chi connectivity index (χ0) is 18.7. The lowest BCUT2D eigenvalue weighted by molar-refractivity contribution is 0.618. The van der Waals surface area contributed by atoms with E-state index in [0.29, 0.717) is 11.3 Å². The summed E-state index contributed by atoms with van der Waals surface area (Å²) in [6, 6.07) is 10.6. The first-order valence-corrected chi connectivity index (χ1v) is 8.39. The topological polar surface area (TPSA) is 52.0 Å². The number of anilines is 1. The molecule has 0 saturated heterocycles. The van der Waals surface area contributed by atoms with Crippen molar-refractivity contribution in [2.75, 3.05) is 5.73 Å². The van der Waals surface area contributed by atoms with Gasteiger partial charge in [0.2, 0.25) is 0 Å². The van der Waals surface area contributed by atoms with Crippen molar-refractivity contribution >= 4 is 16.8 Å². The quantitative estimate of drug-likeness (QED) is 0.461. The second-order valence-corrected chi connectivity index (χ2v) is 6.23. The SMILES string of the molecule is C=CC(N)c1cc(C2=C(c3ccc(F)c(C)c3)C=C=CC=C2)ccc1N. The Kier molecular flexibility index (Phi) is 5.04. The fourth-order valence-electron chi connectivity index (χ4n) is 2.96. The Bertz CT molecular complexity index is 989. The predicted molar refractivity (Wildman–Crippen MR) is 108 cm³/mol. The van der Waals surface area contributed by atoms with Crippen LogP contribution in [0.1, 0.15) is 28.3 Å². The Morgan fingerprint density at radius 3 is 2.58 bits per heavy atom. The molecule has 2 aromatic rings. The van der Waals surface area contributed by atoms with Gasteiger partial charge in [-0.25, -0.2) is 4.39 Å². The highest BCUT2D eigenvalue weighted by Gasteiger charge is 2.13. The third-order valence-corrected chi connectivity index (χ3v) is 4.45. The van der Waals surface area contributed by atoms with Gasteiger partial charge in [0.15, 0.2) is 0 Å². The predicted octanol–water partition coefficient (Wildman–Crippen LogP) is 5.09. The molecule has 0 saturated carbocycles. The van der Waals surface area contributed by atoms with Gasteiger partial charge in [0.05, 0.1) is 0 Å². The molecule has 0 bridgehead atoms. The molecule has 1 aliphatic carbocycles.